The van der Waals surface area contributed by atoms with Crippen molar-refractivity contribution in [2.45, 2.75) is 44.8 Å². The first-order valence-corrected chi connectivity index (χ1v) is 11.3. The molecule has 4 heterocycles. The zero-order chi connectivity index (χ0) is 23.9. The second-order valence-electron chi connectivity index (χ2n) is 8.31. The van der Waals surface area contributed by atoms with E-state index in [1.807, 2.05) is 22.0 Å². The Morgan fingerprint density at radius 2 is 2.06 bits per heavy atom. The topological polar surface area (TPSA) is 57.6 Å². The van der Waals surface area contributed by atoms with Crippen LogP contribution >= 0.6 is 11.6 Å². The van der Waals surface area contributed by atoms with Crippen LogP contribution in [0.4, 0.5) is 29.1 Å². The zero-order valence-electron chi connectivity index (χ0n) is 18.1. The van der Waals surface area contributed by atoms with Crippen molar-refractivity contribution < 1.29 is 22.3 Å². The van der Waals surface area contributed by atoms with Gasteiger partial charge in [-0.05, 0) is 37.5 Å². The smallest absolute Gasteiger partial charge is 0.360 e. The van der Waals surface area contributed by atoms with Crippen molar-refractivity contribution in [1.29, 1.82) is 0 Å². The second kappa shape index (κ2) is 9.03. The lowest BCUT2D eigenvalue weighted by molar-refractivity contribution is -0.137. The Kier molecular flexibility index (Phi) is 6.07. The van der Waals surface area contributed by atoms with Gasteiger partial charge in [0.1, 0.15) is 23.7 Å². The van der Waals surface area contributed by atoms with Crippen molar-refractivity contribution in [3.63, 3.8) is 0 Å². The van der Waals surface area contributed by atoms with E-state index in [1.54, 1.807) is 0 Å². The van der Waals surface area contributed by atoms with Crippen LogP contribution in [0.1, 0.15) is 30.7 Å². The molecule has 2 N–H and O–H groups in total. The number of hydrazine groups is 1. The number of ether oxygens (including phenoxy) is 1. The van der Waals surface area contributed by atoms with E-state index in [2.05, 4.69) is 20.6 Å². The Morgan fingerprint density at radius 3 is 2.79 bits per heavy atom. The number of hydrogen-bond acceptors (Lipinski definition) is 6. The first-order valence-electron chi connectivity index (χ1n) is 11.0. The third kappa shape index (κ3) is 4.54. The normalized spacial score (nSPS) is 20.9. The molecule has 1 aromatic carbocycles. The number of aromatic nitrogens is 2. The first kappa shape index (κ1) is 22.9. The highest BCUT2D eigenvalue weighted by molar-refractivity contribution is 6.31. The van der Waals surface area contributed by atoms with Crippen LogP contribution in [0.5, 0.6) is 0 Å². The lowest BCUT2D eigenvalue weighted by Gasteiger charge is -2.38. The van der Waals surface area contributed by atoms with Gasteiger partial charge in [-0.2, -0.15) is 13.2 Å². The van der Waals surface area contributed by atoms with E-state index in [4.69, 9.17) is 16.3 Å². The molecule has 1 unspecified atom stereocenters. The quantitative estimate of drug-likeness (QED) is 0.587. The van der Waals surface area contributed by atoms with E-state index in [-0.39, 0.29) is 11.9 Å². The number of benzene rings is 1. The summed E-state index contributed by atoms with van der Waals surface area (Å²) in [5.74, 6) is 0.134. The van der Waals surface area contributed by atoms with Crippen molar-refractivity contribution in [3.05, 3.63) is 64.7 Å². The number of imidazole rings is 1. The molecule has 0 aliphatic carbocycles. The number of fused-ring (bicyclic) bond motifs is 1. The summed E-state index contributed by atoms with van der Waals surface area (Å²) in [5.41, 5.74) is 2.73. The standard InChI is InChI=1S/C22H23ClF4N6O/c23-16-12-33(21-3-1-2-8-34-21)29-10-18(16)31-6-7-32-19(11-28-20(32)13-31)30-17-5-4-14(24)9-15(17)22(25,26)27/h4-5,9-12,21,29-30H,1-3,6-8,13H2. The summed E-state index contributed by atoms with van der Waals surface area (Å²) in [4.78, 5) is 6.44. The summed E-state index contributed by atoms with van der Waals surface area (Å²) in [6.07, 6.45) is 3.43. The third-order valence-corrected chi connectivity index (χ3v) is 6.36. The fraction of sp³-hybridized carbons (Fsp3) is 0.409. The molecule has 1 aromatic heterocycles. The van der Waals surface area contributed by atoms with E-state index in [0.717, 1.165) is 43.7 Å². The molecule has 0 saturated carbocycles. The van der Waals surface area contributed by atoms with E-state index in [1.165, 1.54) is 6.20 Å². The molecule has 1 fully saturated rings. The van der Waals surface area contributed by atoms with Gasteiger partial charge in [-0.3, -0.25) is 5.01 Å². The Morgan fingerprint density at radius 1 is 1.21 bits per heavy atom. The molecule has 2 aromatic rings. The molecule has 182 valence electrons. The van der Waals surface area contributed by atoms with Gasteiger partial charge in [-0.25, -0.2) is 9.37 Å². The number of halogens is 5. The summed E-state index contributed by atoms with van der Waals surface area (Å²) < 4.78 is 61.1. The monoisotopic (exact) mass is 498 g/mol. The summed E-state index contributed by atoms with van der Waals surface area (Å²) in [7, 11) is 0. The Balaban J connectivity index is 1.30. The minimum absolute atomic E-state index is 0.0674. The van der Waals surface area contributed by atoms with Crippen LogP contribution in [0, 0.1) is 5.82 Å². The molecule has 3 aliphatic rings. The summed E-state index contributed by atoms with van der Waals surface area (Å²) in [6, 6.07) is 2.56. The zero-order valence-corrected chi connectivity index (χ0v) is 18.8. The Hall–Kier alpha value is -2.92. The minimum atomic E-state index is -4.69. The molecule has 1 atom stereocenters. The lowest BCUT2D eigenvalue weighted by atomic mass is 10.1. The number of rotatable bonds is 4. The molecule has 0 bridgehead atoms. The molecule has 7 nitrogen and oxygen atoms in total. The number of nitrogens with one attached hydrogen (secondary N) is 2. The van der Waals surface area contributed by atoms with Crippen LogP contribution in [-0.2, 0) is 24.0 Å². The molecule has 34 heavy (non-hydrogen) atoms. The highest BCUT2D eigenvalue weighted by Crippen LogP contribution is 2.37. The molecular formula is C22H23ClF4N6O. The maximum Gasteiger partial charge on any atom is 0.418 e. The molecule has 1 saturated heterocycles. The molecule has 0 amide bonds. The fourth-order valence-corrected chi connectivity index (χ4v) is 4.62. The van der Waals surface area contributed by atoms with Gasteiger partial charge in [0.05, 0.1) is 34.7 Å². The van der Waals surface area contributed by atoms with Crippen LogP contribution in [0.25, 0.3) is 0 Å². The molecule has 3 aliphatic heterocycles. The van der Waals surface area contributed by atoms with E-state index in [0.29, 0.717) is 42.4 Å². The van der Waals surface area contributed by atoms with Crippen molar-refractivity contribution in [1.82, 2.24) is 24.9 Å². The maximum absolute atomic E-state index is 13.4. The Bertz CT molecular complexity index is 1130. The second-order valence-corrected chi connectivity index (χ2v) is 8.72. The van der Waals surface area contributed by atoms with Gasteiger partial charge in [0, 0.05) is 32.1 Å². The molecular weight excluding hydrogens is 476 g/mol. The van der Waals surface area contributed by atoms with Gasteiger partial charge in [-0.1, -0.05) is 11.6 Å². The number of allylic oxidation sites excluding steroid dienone is 1. The maximum atomic E-state index is 13.4. The highest BCUT2D eigenvalue weighted by atomic mass is 35.5. The van der Waals surface area contributed by atoms with Crippen LogP contribution in [0.2, 0.25) is 0 Å². The largest absolute Gasteiger partial charge is 0.418 e. The van der Waals surface area contributed by atoms with Crippen LogP contribution in [0.3, 0.4) is 0 Å². The highest BCUT2D eigenvalue weighted by Gasteiger charge is 2.34. The van der Waals surface area contributed by atoms with Gasteiger partial charge >= 0.3 is 6.18 Å². The van der Waals surface area contributed by atoms with Crippen molar-refractivity contribution >= 4 is 23.1 Å². The predicted octanol–water partition coefficient (Wildman–Crippen LogP) is 4.87. The average molecular weight is 499 g/mol. The third-order valence-electron chi connectivity index (χ3n) is 6.07. The predicted molar refractivity (Wildman–Crippen MR) is 118 cm³/mol. The van der Waals surface area contributed by atoms with Crippen LogP contribution in [-0.4, -0.2) is 38.8 Å². The summed E-state index contributed by atoms with van der Waals surface area (Å²) >= 11 is 6.58. The fourth-order valence-electron chi connectivity index (χ4n) is 4.35. The minimum Gasteiger partial charge on any atom is -0.360 e. The number of anilines is 2. The summed E-state index contributed by atoms with van der Waals surface area (Å²) in [5, 5.41) is 5.19. The molecule has 12 heteroatoms. The lowest BCUT2D eigenvalue weighted by Crippen LogP contribution is -2.45. The molecule has 5 rings (SSSR count). The van der Waals surface area contributed by atoms with Gasteiger partial charge in [-0.15, -0.1) is 0 Å². The molecule has 0 spiro atoms. The molecule has 0 radical (unpaired) electrons. The average Bonchev–Trinajstić information content (AvgIpc) is 3.22. The summed E-state index contributed by atoms with van der Waals surface area (Å²) in [6.45, 7) is 2.20. The van der Waals surface area contributed by atoms with Gasteiger partial charge < -0.3 is 24.9 Å². The SMILES string of the molecule is Fc1ccc(Nc2cnc3n2CCN(C2=CNN(C4CCCCO4)C=C2Cl)C3)c(C(F)(F)F)c1. The number of alkyl halides is 3. The number of hydrogen-bond donors (Lipinski definition) is 2. The van der Waals surface area contributed by atoms with Gasteiger partial charge in [0.15, 0.2) is 0 Å². The van der Waals surface area contributed by atoms with Crippen molar-refractivity contribution in [2.24, 2.45) is 0 Å². The van der Waals surface area contributed by atoms with Crippen molar-refractivity contribution in [2.75, 3.05) is 18.5 Å². The van der Waals surface area contributed by atoms with Crippen molar-refractivity contribution in [3.8, 4) is 0 Å². The first-order chi connectivity index (χ1) is 16.3. The van der Waals surface area contributed by atoms with E-state index >= 15 is 0 Å². The van der Waals surface area contributed by atoms with Crippen LogP contribution in [0.15, 0.2) is 47.5 Å². The van der Waals surface area contributed by atoms with Gasteiger partial charge in [0.25, 0.3) is 0 Å². The van der Waals surface area contributed by atoms with E-state index in [9.17, 15) is 17.6 Å². The Labute approximate surface area is 198 Å². The van der Waals surface area contributed by atoms with E-state index < -0.39 is 17.6 Å². The van der Waals surface area contributed by atoms with Gasteiger partial charge in [0.2, 0.25) is 0 Å². The number of nitrogens with zero attached hydrogens (tertiary/aromatic N) is 4. The van der Waals surface area contributed by atoms with Crippen LogP contribution < -0.4 is 10.7 Å².